The molecule has 3 rings (SSSR count). The van der Waals surface area contributed by atoms with E-state index in [0.717, 1.165) is 6.42 Å². The van der Waals surface area contributed by atoms with Crippen molar-refractivity contribution in [3.63, 3.8) is 0 Å². The molecule has 0 unspecified atom stereocenters. The van der Waals surface area contributed by atoms with Crippen molar-refractivity contribution in [3.8, 4) is 0 Å². The van der Waals surface area contributed by atoms with Gasteiger partial charge in [-0.05, 0) is 40.1 Å². The molecule has 0 aliphatic rings. The zero-order valence-electron chi connectivity index (χ0n) is 13.7. The monoisotopic (exact) mass is 324 g/mol. The van der Waals surface area contributed by atoms with Crippen molar-refractivity contribution < 1.29 is 4.79 Å². The lowest BCUT2D eigenvalue weighted by Crippen LogP contribution is -2.38. The van der Waals surface area contributed by atoms with Gasteiger partial charge in [-0.1, -0.05) is 42.5 Å². The van der Waals surface area contributed by atoms with Gasteiger partial charge >= 0.3 is 6.03 Å². The second-order valence-electron chi connectivity index (χ2n) is 5.71. The van der Waals surface area contributed by atoms with Crippen molar-refractivity contribution in [2.75, 3.05) is 6.54 Å². The molecule has 2 aromatic carbocycles. The van der Waals surface area contributed by atoms with E-state index in [1.165, 1.54) is 16.3 Å². The Morgan fingerprint density at radius 2 is 2.00 bits per heavy atom. The molecule has 0 aliphatic heterocycles. The van der Waals surface area contributed by atoms with Gasteiger partial charge in [-0.25, -0.2) is 9.48 Å². The third-order valence-corrected chi connectivity index (χ3v) is 3.90. The Morgan fingerprint density at radius 3 is 2.75 bits per heavy atom. The average Bonchev–Trinajstić information content (AvgIpc) is 3.01. The maximum absolute atomic E-state index is 12.0. The number of fused-ring (bicyclic) bond motifs is 1. The van der Waals surface area contributed by atoms with Crippen molar-refractivity contribution in [3.05, 3.63) is 53.9 Å². The van der Waals surface area contributed by atoms with Crippen molar-refractivity contribution in [1.29, 1.82) is 0 Å². The van der Waals surface area contributed by atoms with Gasteiger partial charge in [-0.15, -0.1) is 5.10 Å². The number of carbonyl (C=O) groups excluding carboxylic acids is 1. The largest absolute Gasteiger partial charge is 0.338 e. The van der Waals surface area contributed by atoms with Gasteiger partial charge in [-0.2, -0.15) is 0 Å². The molecule has 7 heteroatoms. The third-order valence-electron chi connectivity index (χ3n) is 3.90. The minimum Gasteiger partial charge on any atom is -0.338 e. The first-order chi connectivity index (χ1) is 11.6. The van der Waals surface area contributed by atoms with Gasteiger partial charge in [0.05, 0.1) is 6.04 Å². The number of aromatic nitrogens is 4. The molecule has 124 valence electrons. The summed E-state index contributed by atoms with van der Waals surface area (Å²) < 4.78 is 1.54. The number of benzene rings is 2. The van der Waals surface area contributed by atoms with Crippen LogP contribution in [0.15, 0.2) is 42.5 Å². The Hall–Kier alpha value is -2.96. The lowest BCUT2D eigenvalue weighted by Gasteiger charge is -2.13. The number of tetrazole rings is 1. The molecule has 1 atom stereocenters. The Morgan fingerprint density at radius 1 is 1.21 bits per heavy atom. The van der Waals surface area contributed by atoms with Crippen molar-refractivity contribution in [2.24, 2.45) is 7.05 Å². The van der Waals surface area contributed by atoms with E-state index < -0.39 is 0 Å². The number of hydrogen-bond acceptors (Lipinski definition) is 4. The minimum atomic E-state index is -0.259. The van der Waals surface area contributed by atoms with Crippen LogP contribution in [0, 0.1) is 0 Å². The van der Waals surface area contributed by atoms with E-state index >= 15 is 0 Å². The van der Waals surface area contributed by atoms with Gasteiger partial charge < -0.3 is 10.6 Å². The first kappa shape index (κ1) is 15.9. The van der Waals surface area contributed by atoms with Gasteiger partial charge in [0.15, 0.2) is 5.82 Å². The molecule has 0 radical (unpaired) electrons. The Labute approximate surface area is 140 Å². The predicted octanol–water partition coefficient (Wildman–Crippen LogP) is 1.97. The first-order valence-corrected chi connectivity index (χ1v) is 7.88. The van der Waals surface area contributed by atoms with Crippen LogP contribution in [-0.4, -0.2) is 32.8 Å². The predicted molar refractivity (Wildman–Crippen MR) is 91.4 cm³/mol. The fraction of sp³-hybridized carbons (Fsp3) is 0.294. The molecule has 1 heterocycles. The third kappa shape index (κ3) is 3.68. The highest BCUT2D eigenvalue weighted by molar-refractivity contribution is 5.83. The molecule has 2 N–H and O–H groups in total. The smallest absolute Gasteiger partial charge is 0.315 e. The molecule has 7 nitrogen and oxygen atoms in total. The molecule has 0 spiro atoms. The molecule has 0 aliphatic carbocycles. The summed E-state index contributed by atoms with van der Waals surface area (Å²) in [6.45, 7) is 2.41. The van der Waals surface area contributed by atoms with E-state index in [0.29, 0.717) is 12.4 Å². The summed E-state index contributed by atoms with van der Waals surface area (Å²) in [7, 11) is 1.74. The normalized spacial score (nSPS) is 12.1. The van der Waals surface area contributed by atoms with Crippen LogP contribution in [0.5, 0.6) is 0 Å². The molecule has 0 bridgehead atoms. The number of nitrogens with zero attached hydrogens (tertiary/aromatic N) is 4. The summed E-state index contributed by atoms with van der Waals surface area (Å²) in [6, 6.07) is 14.1. The van der Waals surface area contributed by atoms with E-state index in [9.17, 15) is 4.79 Å². The van der Waals surface area contributed by atoms with Crippen LogP contribution in [-0.2, 0) is 13.5 Å². The number of amides is 2. The summed E-state index contributed by atoms with van der Waals surface area (Å²) in [5.74, 6) is 0.611. The molecule has 2 amide bonds. The number of carbonyl (C=O) groups is 1. The number of aryl methyl sites for hydroxylation is 1. The van der Waals surface area contributed by atoms with E-state index in [1.54, 1.807) is 11.7 Å². The summed E-state index contributed by atoms with van der Waals surface area (Å²) in [6.07, 6.45) is 0.776. The average molecular weight is 324 g/mol. The molecule has 1 aromatic heterocycles. The van der Waals surface area contributed by atoms with Gasteiger partial charge in [-0.3, -0.25) is 0 Å². The van der Waals surface area contributed by atoms with Crippen molar-refractivity contribution in [2.45, 2.75) is 19.4 Å². The van der Waals surface area contributed by atoms with E-state index in [2.05, 4.69) is 56.5 Å². The quantitative estimate of drug-likeness (QED) is 0.751. The number of rotatable bonds is 5. The Kier molecular flexibility index (Phi) is 4.69. The fourth-order valence-electron chi connectivity index (χ4n) is 2.63. The van der Waals surface area contributed by atoms with Crippen LogP contribution < -0.4 is 10.6 Å². The van der Waals surface area contributed by atoms with Crippen LogP contribution in [0.3, 0.4) is 0 Å². The van der Waals surface area contributed by atoms with Crippen molar-refractivity contribution >= 4 is 16.8 Å². The van der Waals surface area contributed by atoms with E-state index in [4.69, 9.17) is 0 Å². The number of hydrogen-bond donors (Lipinski definition) is 2. The molecule has 0 saturated heterocycles. The van der Waals surface area contributed by atoms with Gasteiger partial charge in [0.1, 0.15) is 0 Å². The summed E-state index contributed by atoms with van der Waals surface area (Å²) in [5.41, 5.74) is 1.19. The van der Waals surface area contributed by atoms with Gasteiger partial charge in [0, 0.05) is 13.6 Å². The SMILES string of the molecule is C[C@@H](NC(=O)NCCc1ccc2ccccc2c1)c1nnnn1C. The molecule has 24 heavy (non-hydrogen) atoms. The zero-order chi connectivity index (χ0) is 16.9. The second-order valence-corrected chi connectivity index (χ2v) is 5.71. The molecule has 0 fully saturated rings. The second kappa shape index (κ2) is 7.08. The van der Waals surface area contributed by atoms with Crippen LogP contribution in [0.25, 0.3) is 10.8 Å². The first-order valence-electron chi connectivity index (χ1n) is 7.88. The minimum absolute atomic E-state index is 0.230. The summed E-state index contributed by atoms with van der Waals surface area (Å²) >= 11 is 0. The lowest BCUT2D eigenvalue weighted by atomic mass is 10.1. The van der Waals surface area contributed by atoms with Crippen LogP contribution in [0.2, 0.25) is 0 Å². The maximum atomic E-state index is 12.0. The molecule has 3 aromatic rings. The van der Waals surface area contributed by atoms with E-state index in [-0.39, 0.29) is 12.1 Å². The van der Waals surface area contributed by atoms with Gasteiger partial charge in [0.2, 0.25) is 0 Å². The van der Waals surface area contributed by atoms with Crippen LogP contribution >= 0.6 is 0 Å². The van der Waals surface area contributed by atoms with Crippen LogP contribution in [0.1, 0.15) is 24.4 Å². The fourth-order valence-corrected chi connectivity index (χ4v) is 2.63. The van der Waals surface area contributed by atoms with Crippen LogP contribution in [0.4, 0.5) is 4.79 Å². The summed E-state index contributed by atoms with van der Waals surface area (Å²) in [5, 5.41) is 19.3. The Bertz CT molecular complexity index is 844. The lowest BCUT2D eigenvalue weighted by molar-refractivity contribution is 0.237. The molecular formula is C17H20N6O. The number of urea groups is 1. The summed E-state index contributed by atoms with van der Waals surface area (Å²) in [4.78, 5) is 12.0. The molecule has 0 saturated carbocycles. The highest BCUT2D eigenvalue weighted by Crippen LogP contribution is 2.15. The van der Waals surface area contributed by atoms with E-state index in [1.807, 2.05) is 19.1 Å². The Balaban J connectivity index is 1.50. The molecular weight excluding hydrogens is 304 g/mol. The highest BCUT2D eigenvalue weighted by Gasteiger charge is 2.14. The maximum Gasteiger partial charge on any atom is 0.315 e. The van der Waals surface area contributed by atoms with Crippen molar-refractivity contribution in [1.82, 2.24) is 30.8 Å². The highest BCUT2D eigenvalue weighted by atomic mass is 16.2. The topological polar surface area (TPSA) is 84.7 Å². The zero-order valence-corrected chi connectivity index (χ0v) is 13.7. The number of nitrogens with one attached hydrogen (secondary N) is 2. The standard InChI is InChI=1S/C17H20N6O/c1-12(16-20-21-22-23(16)2)19-17(24)18-10-9-13-7-8-14-5-3-4-6-15(14)11-13/h3-8,11-12H,9-10H2,1-2H3,(H2,18,19,24)/t12-/m1/s1. The van der Waals surface area contributed by atoms with Gasteiger partial charge in [0.25, 0.3) is 0 Å².